The van der Waals surface area contributed by atoms with Gasteiger partial charge in [-0.15, -0.1) is 0 Å². The number of benzene rings is 5. The normalized spacial score (nSPS) is 14.9. The van der Waals surface area contributed by atoms with Gasteiger partial charge in [0.25, 0.3) is 0 Å². The predicted molar refractivity (Wildman–Crippen MR) is 157 cm³/mol. The SMILES string of the molecule is Cc1ccc(N2c3ccc(C)c4[c]3[Sn]3([c]5ccccc5)[c]5c(cc(C)cc5Oc5c(C)ccc2[c]53)O4)cc1. The van der Waals surface area contributed by atoms with Crippen molar-refractivity contribution in [1.29, 1.82) is 0 Å². The van der Waals surface area contributed by atoms with Crippen molar-refractivity contribution in [2.24, 2.45) is 0 Å². The first-order chi connectivity index (χ1) is 18.5. The maximum absolute atomic E-state index is 6.89. The average molecular weight is 600 g/mol. The molecule has 38 heavy (non-hydrogen) atoms. The summed E-state index contributed by atoms with van der Waals surface area (Å²) in [6.45, 7) is 8.64. The molecule has 5 aromatic rings. The quantitative estimate of drug-likeness (QED) is 0.218. The number of rotatable bonds is 2. The molecule has 0 aromatic heterocycles. The molecule has 3 heterocycles. The molecule has 0 saturated carbocycles. The molecule has 0 atom stereocenters. The van der Waals surface area contributed by atoms with Crippen LogP contribution in [0.3, 0.4) is 0 Å². The molecule has 4 heteroatoms. The molecule has 0 saturated heterocycles. The van der Waals surface area contributed by atoms with Crippen LogP contribution in [0.1, 0.15) is 22.3 Å². The van der Waals surface area contributed by atoms with E-state index < -0.39 is 18.4 Å². The van der Waals surface area contributed by atoms with Crippen molar-refractivity contribution < 1.29 is 9.47 Å². The van der Waals surface area contributed by atoms with Gasteiger partial charge in [-0.2, -0.15) is 0 Å². The van der Waals surface area contributed by atoms with Gasteiger partial charge in [0.05, 0.1) is 0 Å². The summed E-state index contributed by atoms with van der Waals surface area (Å²) in [5, 5.41) is 0. The summed E-state index contributed by atoms with van der Waals surface area (Å²) in [6, 6.07) is 33.6. The third kappa shape index (κ3) is 2.70. The molecule has 0 aliphatic carbocycles. The molecule has 184 valence electrons. The van der Waals surface area contributed by atoms with E-state index in [1.807, 2.05) is 0 Å². The van der Waals surface area contributed by atoms with Gasteiger partial charge in [0.1, 0.15) is 0 Å². The summed E-state index contributed by atoms with van der Waals surface area (Å²) in [7, 11) is 0. The molecule has 0 radical (unpaired) electrons. The first-order valence-corrected chi connectivity index (χ1v) is 18.9. The zero-order valence-corrected chi connectivity index (χ0v) is 24.8. The van der Waals surface area contributed by atoms with Crippen LogP contribution in [-0.4, -0.2) is 18.4 Å². The second-order valence-electron chi connectivity index (χ2n) is 10.8. The number of hydrogen-bond acceptors (Lipinski definition) is 3. The van der Waals surface area contributed by atoms with Crippen LogP contribution in [0.4, 0.5) is 17.1 Å². The van der Waals surface area contributed by atoms with Crippen LogP contribution in [0.2, 0.25) is 0 Å². The van der Waals surface area contributed by atoms with E-state index in [4.69, 9.17) is 9.47 Å². The third-order valence-electron chi connectivity index (χ3n) is 8.41. The second-order valence-corrected chi connectivity index (χ2v) is 21.0. The molecule has 0 N–H and O–H groups in total. The fourth-order valence-electron chi connectivity index (χ4n) is 6.78. The Bertz CT molecular complexity index is 1720. The van der Waals surface area contributed by atoms with E-state index in [2.05, 4.69) is 124 Å². The third-order valence-corrected chi connectivity index (χ3v) is 22.4. The van der Waals surface area contributed by atoms with Crippen LogP contribution in [0.25, 0.3) is 0 Å². The topological polar surface area (TPSA) is 21.7 Å². The van der Waals surface area contributed by atoms with Gasteiger partial charge in [0.15, 0.2) is 0 Å². The van der Waals surface area contributed by atoms with Crippen LogP contribution in [-0.2, 0) is 0 Å². The fraction of sp³-hybridized carbons (Fsp3) is 0.118. The number of anilines is 3. The number of ether oxygens (including phenoxy) is 2. The summed E-state index contributed by atoms with van der Waals surface area (Å²) < 4.78 is 19.3. The molecule has 3 aliphatic rings. The average Bonchev–Trinajstić information content (AvgIpc) is 2.92. The first kappa shape index (κ1) is 22.3. The van der Waals surface area contributed by atoms with Gasteiger partial charge in [-0.3, -0.25) is 0 Å². The number of hydrogen-bond donors (Lipinski definition) is 0. The Morgan fingerprint density at radius 3 is 1.66 bits per heavy atom. The van der Waals surface area contributed by atoms with E-state index in [1.165, 1.54) is 42.4 Å². The molecule has 3 nitrogen and oxygen atoms in total. The van der Waals surface area contributed by atoms with Crippen molar-refractivity contribution in [2.45, 2.75) is 27.7 Å². The van der Waals surface area contributed by atoms with Crippen molar-refractivity contribution >= 4 is 49.8 Å². The van der Waals surface area contributed by atoms with Crippen LogP contribution in [0.5, 0.6) is 23.0 Å². The Hall–Kier alpha value is -3.70. The monoisotopic (exact) mass is 601 g/mol. The number of aryl methyl sites for hydroxylation is 4. The summed E-state index contributed by atoms with van der Waals surface area (Å²) in [5.41, 5.74) is 8.38. The van der Waals surface area contributed by atoms with E-state index >= 15 is 0 Å². The summed E-state index contributed by atoms with van der Waals surface area (Å²) >= 11 is -3.93. The minimum absolute atomic E-state index is 0.967. The molecule has 8 rings (SSSR count). The second kappa shape index (κ2) is 7.67. The van der Waals surface area contributed by atoms with Gasteiger partial charge in [-0.05, 0) is 0 Å². The van der Waals surface area contributed by atoms with Crippen molar-refractivity contribution in [1.82, 2.24) is 0 Å². The molecule has 0 unspecified atom stereocenters. The molecule has 5 aromatic carbocycles. The summed E-state index contributed by atoms with van der Waals surface area (Å²) in [6.07, 6.45) is 0. The van der Waals surface area contributed by atoms with Crippen molar-refractivity contribution in [3.8, 4) is 23.0 Å². The van der Waals surface area contributed by atoms with Crippen LogP contribution in [0.15, 0.2) is 91.0 Å². The van der Waals surface area contributed by atoms with Gasteiger partial charge in [0.2, 0.25) is 0 Å². The van der Waals surface area contributed by atoms with Crippen LogP contribution < -0.4 is 28.7 Å². The molecule has 3 aliphatic heterocycles. The molecule has 0 fully saturated rings. The Labute approximate surface area is 227 Å². The maximum atomic E-state index is 6.89. The van der Waals surface area contributed by atoms with Gasteiger partial charge in [0, 0.05) is 0 Å². The van der Waals surface area contributed by atoms with E-state index in [-0.39, 0.29) is 0 Å². The van der Waals surface area contributed by atoms with Crippen molar-refractivity contribution in [2.75, 3.05) is 4.90 Å². The first-order valence-electron chi connectivity index (χ1n) is 13.2. The Morgan fingerprint density at radius 2 is 1.11 bits per heavy atom. The Balaban J connectivity index is 1.62. The van der Waals surface area contributed by atoms with Crippen LogP contribution in [0, 0.1) is 27.7 Å². The van der Waals surface area contributed by atoms with Gasteiger partial charge < -0.3 is 0 Å². The van der Waals surface area contributed by atoms with E-state index in [0.717, 1.165) is 34.2 Å². The summed E-state index contributed by atoms with van der Waals surface area (Å²) in [5.74, 6) is 4.00. The van der Waals surface area contributed by atoms with E-state index in [1.54, 1.807) is 0 Å². The Morgan fingerprint density at radius 1 is 0.553 bits per heavy atom. The van der Waals surface area contributed by atoms with Gasteiger partial charge in [-0.25, -0.2) is 0 Å². The minimum atomic E-state index is -3.93. The van der Waals surface area contributed by atoms with Gasteiger partial charge in [-0.1, -0.05) is 0 Å². The van der Waals surface area contributed by atoms with Crippen molar-refractivity contribution in [3.63, 3.8) is 0 Å². The number of nitrogens with zero attached hydrogens (tertiary/aromatic N) is 1. The molecular formula is C34H27NO2Sn. The zero-order valence-electron chi connectivity index (χ0n) is 21.9. The fourth-order valence-corrected chi connectivity index (χ4v) is 22.9. The van der Waals surface area contributed by atoms with E-state index in [0.29, 0.717) is 0 Å². The van der Waals surface area contributed by atoms with E-state index in [9.17, 15) is 0 Å². The van der Waals surface area contributed by atoms with Gasteiger partial charge >= 0.3 is 228 Å². The zero-order chi connectivity index (χ0) is 25.8. The molecule has 0 spiro atoms. The standard InChI is InChI=1S/C28H22NO2.C6H5.Sn/c1-18-5-9-22(10-6-18)29-23-11-7-20(3)27(15-23)30-25-13-19(2)14-26(17-25)31-28-16-24(29)12-8-21(28)4;1-2-4-6-5-3-1;/h5-14H,1-4H3;1-5H;. The molecular weight excluding hydrogens is 573 g/mol. The molecule has 0 bridgehead atoms. The summed E-state index contributed by atoms with van der Waals surface area (Å²) in [4.78, 5) is 2.44. The Kier molecular flexibility index (Phi) is 4.50. The predicted octanol–water partition coefficient (Wildman–Crippen LogP) is 6.29. The molecule has 0 amide bonds. The van der Waals surface area contributed by atoms with Crippen molar-refractivity contribution in [3.05, 3.63) is 113 Å². The van der Waals surface area contributed by atoms with Crippen LogP contribution >= 0.6 is 0 Å².